The molecule has 25 heavy (non-hydrogen) atoms. The second-order valence-electron chi connectivity index (χ2n) is 5.79. The zero-order chi connectivity index (χ0) is 18.7. The van der Waals surface area contributed by atoms with Crippen LogP contribution in [-0.2, 0) is 6.42 Å². The minimum atomic E-state index is -2.14. The van der Waals surface area contributed by atoms with Crippen LogP contribution in [0.3, 0.4) is 0 Å². The van der Waals surface area contributed by atoms with Gasteiger partial charge in [-0.15, -0.1) is 0 Å². The molecule has 2 aromatic carbocycles. The van der Waals surface area contributed by atoms with Gasteiger partial charge in [0.05, 0.1) is 6.61 Å². The number of rotatable bonds is 6. The summed E-state index contributed by atoms with van der Waals surface area (Å²) in [5, 5.41) is 0. The Morgan fingerprint density at radius 2 is 1.36 bits per heavy atom. The summed E-state index contributed by atoms with van der Waals surface area (Å²) in [5.41, 5.74) is 0.00834. The van der Waals surface area contributed by atoms with Crippen molar-refractivity contribution in [1.29, 1.82) is 0 Å². The van der Waals surface area contributed by atoms with Crippen molar-refractivity contribution in [3.05, 3.63) is 70.4 Å². The summed E-state index contributed by atoms with van der Waals surface area (Å²) in [7, 11) is 0. The molecular formula is C19H18F5O. The molecule has 0 amide bonds. The van der Waals surface area contributed by atoms with Crippen molar-refractivity contribution in [2.75, 3.05) is 6.61 Å². The van der Waals surface area contributed by atoms with Gasteiger partial charge in [-0.05, 0) is 37.0 Å². The van der Waals surface area contributed by atoms with E-state index >= 15 is 0 Å². The third-order valence-electron chi connectivity index (χ3n) is 4.17. The Bertz CT molecular complexity index is 713. The molecule has 0 N–H and O–H groups in total. The maximum atomic E-state index is 13.8. The first-order valence-electron chi connectivity index (χ1n) is 7.84. The lowest BCUT2D eigenvalue weighted by atomic mass is 9.84. The molecule has 135 valence electrons. The lowest BCUT2D eigenvalue weighted by Gasteiger charge is -2.21. The summed E-state index contributed by atoms with van der Waals surface area (Å²) < 4.78 is 72.7. The lowest BCUT2D eigenvalue weighted by molar-refractivity contribution is 0.340. The molecule has 2 aromatic rings. The fourth-order valence-electron chi connectivity index (χ4n) is 2.55. The summed E-state index contributed by atoms with van der Waals surface area (Å²) >= 11 is 0. The van der Waals surface area contributed by atoms with E-state index in [2.05, 4.69) is 0 Å². The van der Waals surface area contributed by atoms with E-state index in [0.29, 0.717) is 12.4 Å². The van der Waals surface area contributed by atoms with Crippen molar-refractivity contribution in [3.63, 3.8) is 0 Å². The smallest absolute Gasteiger partial charge is 0.200 e. The molecule has 0 aromatic heterocycles. The van der Waals surface area contributed by atoms with Crippen LogP contribution < -0.4 is 4.74 Å². The molecular weight excluding hydrogens is 339 g/mol. The van der Waals surface area contributed by atoms with Gasteiger partial charge in [-0.3, -0.25) is 0 Å². The molecule has 1 radical (unpaired) electrons. The molecule has 0 spiro atoms. The van der Waals surface area contributed by atoms with Crippen LogP contribution in [0.2, 0.25) is 0 Å². The quantitative estimate of drug-likeness (QED) is 0.371. The second kappa shape index (κ2) is 7.85. The van der Waals surface area contributed by atoms with E-state index in [4.69, 9.17) is 4.74 Å². The van der Waals surface area contributed by atoms with Gasteiger partial charge in [-0.1, -0.05) is 26.0 Å². The first-order valence-corrected chi connectivity index (χ1v) is 7.84. The molecule has 0 saturated heterocycles. The van der Waals surface area contributed by atoms with Crippen molar-refractivity contribution in [2.24, 2.45) is 5.92 Å². The first-order chi connectivity index (χ1) is 11.8. The Hall–Kier alpha value is -2.11. The second-order valence-corrected chi connectivity index (χ2v) is 5.79. The van der Waals surface area contributed by atoms with Crippen molar-refractivity contribution >= 4 is 0 Å². The van der Waals surface area contributed by atoms with E-state index in [1.165, 1.54) is 0 Å². The third kappa shape index (κ3) is 3.94. The molecule has 1 atom stereocenters. The molecule has 0 aliphatic heterocycles. The van der Waals surface area contributed by atoms with Crippen molar-refractivity contribution < 1.29 is 26.7 Å². The molecule has 2 rings (SSSR count). The summed E-state index contributed by atoms with van der Waals surface area (Å²) in [6, 6.07) is 7.09. The highest BCUT2D eigenvalue weighted by atomic mass is 19.2. The Kier molecular flexibility index (Phi) is 6.03. The largest absolute Gasteiger partial charge is 0.494 e. The normalized spacial score (nSPS) is 12.5. The average molecular weight is 357 g/mol. The molecule has 0 saturated carbocycles. The highest BCUT2D eigenvalue weighted by Gasteiger charge is 2.28. The standard InChI is InChI=1S/C19H18F5O/c1-4-25-13-7-5-12(6-8-13)11(3)10(2)9-14-15(20)17(22)19(24)18(23)16(14)21/h5-8,10H,4,9H2,1-3H3. The van der Waals surface area contributed by atoms with Crippen molar-refractivity contribution in [2.45, 2.75) is 27.2 Å². The molecule has 0 bridgehead atoms. The van der Waals surface area contributed by atoms with Crippen LogP contribution in [0.5, 0.6) is 5.75 Å². The van der Waals surface area contributed by atoms with E-state index in [0.717, 1.165) is 11.5 Å². The number of hydrogen-bond acceptors (Lipinski definition) is 1. The lowest BCUT2D eigenvalue weighted by Crippen LogP contribution is -2.15. The number of benzene rings is 2. The van der Waals surface area contributed by atoms with Gasteiger partial charge < -0.3 is 4.74 Å². The van der Waals surface area contributed by atoms with E-state index in [-0.39, 0.29) is 6.42 Å². The summed E-state index contributed by atoms with van der Waals surface area (Å²) in [6.45, 7) is 5.81. The monoisotopic (exact) mass is 357 g/mol. The van der Waals surface area contributed by atoms with Gasteiger partial charge in [-0.25, -0.2) is 22.0 Å². The Labute approximate surface area is 143 Å². The van der Waals surface area contributed by atoms with Crippen LogP contribution in [0.4, 0.5) is 22.0 Å². The van der Waals surface area contributed by atoms with Crippen LogP contribution in [0, 0.1) is 40.9 Å². The van der Waals surface area contributed by atoms with Gasteiger partial charge in [0, 0.05) is 11.5 Å². The summed E-state index contributed by atoms with van der Waals surface area (Å²) in [6.07, 6.45) is -0.301. The minimum absolute atomic E-state index is 0.301. The van der Waals surface area contributed by atoms with Gasteiger partial charge >= 0.3 is 0 Å². The summed E-state index contributed by atoms with van der Waals surface area (Å²) in [5.74, 6) is -8.49. The highest BCUT2D eigenvalue weighted by Crippen LogP contribution is 2.31. The van der Waals surface area contributed by atoms with E-state index in [1.54, 1.807) is 38.1 Å². The van der Waals surface area contributed by atoms with E-state index in [1.807, 2.05) is 6.92 Å². The fraction of sp³-hybridized carbons (Fsp3) is 0.316. The van der Waals surface area contributed by atoms with Crippen LogP contribution in [0.15, 0.2) is 24.3 Å². The zero-order valence-corrected chi connectivity index (χ0v) is 14.1. The number of halogens is 5. The van der Waals surface area contributed by atoms with Crippen LogP contribution in [-0.4, -0.2) is 6.61 Å². The van der Waals surface area contributed by atoms with Crippen molar-refractivity contribution in [1.82, 2.24) is 0 Å². The van der Waals surface area contributed by atoms with Gasteiger partial charge in [0.1, 0.15) is 5.75 Å². The van der Waals surface area contributed by atoms with Crippen LogP contribution >= 0.6 is 0 Å². The number of hydrogen-bond donors (Lipinski definition) is 0. The average Bonchev–Trinajstić information content (AvgIpc) is 2.62. The van der Waals surface area contributed by atoms with Gasteiger partial charge in [0.25, 0.3) is 0 Å². The maximum Gasteiger partial charge on any atom is 0.200 e. The van der Waals surface area contributed by atoms with Crippen LogP contribution in [0.25, 0.3) is 0 Å². The first kappa shape index (κ1) is 19.2. The zero-order valence-electron chi connectivity index (χ0n) is 14.1. The molecule has 0 fully saturated rings. The Balaban J connectivity index is 2.23. The van der Waals surface area contributed by atoms with E-state index in [9.17, 15) is 22.0 Å². The SMILES string of the molecule is CCOc1ccc([C](C)C(C)Cc2c(F)c(F)c(F)c(F)c2F)cc1. The predicted octanol–water partition coefficient (Wildman–Crippen LogP) is 5.60. The summed E-state index contributed by atoms with van der Waals surface area (Å²) in [4.78, 5) is 0. The van der Waals surface area contributed by atoms with Crippen molar-refractivity contribution in [3.8, 4) is 5.75 Å². The molecule has 0 heterocycles. The highest BCUT2D eigenvalue weighted by molar-refractivity contribution is 5.36. The number of ether oxygens (including phenoxy) is 1. The van der Waals surface area contributed by atoms with Gasteiger partial charge in [-0.2, -0.15) is 0 Å². The van der Waals surface area contributed by atoms with E-state index < -0.39 is 40.6 Å². The Morgan fingerprint density at radius 1 is 0.880 bits per heavy atom. The topological polar surface area (TPSA) is 9.23 Å². The van der Waals surface area contributed by atoms with Gasteiger partial charge in [0.15, 0.2) is 23.3 Å². The Morgan fingerprint density at radius 3 is 1.84 bits per heavy atom. The van der Waals surface area contributed by atoms with Gasteiger partial charge in [0.2, 0.25) is 5.82 Å². The fourth-order valence-corrected chi connectivity index (χ4v) is 2.55. The molecule has 1 nitrogen and oxygen atoms in total. The molecule has 0 aliphatic carbocycles. The molecule has 1 unspecified atom stereocenters. The van der Waals surface area contributed by atoms with Crippen LogP contribution in [0.1, 0.15) is 31.9 Å². The predicted molar refractivity (Wildman–Crippen MR) is 84.7 cm³/mol. The maximum absolute atomic E-state index is 13.8. The third-order valence-corrected chi connectivity index (χ3v) is 4.17. The molecule has 0 aliphatic rings. The minimum Gasteiger partial charge on any atom is -0.494 e. The molecule has 6 heteroatoms.